The first-order valence-corrected chi connectivity index (χ1v) is 5.57. The van der Waals surface area contributed by atoms with Gasteiger partial charge in [-0.1, -0.05) is 18.2 Å². The predicted molar refractivity (Wildman–Crippen MR) is 55.7 cm³/mol. The molecule has 0 aliphatic rings. The lowest BCUT2D eigenvalue weighted by Gasteiger charge is -2.18. The zero-order chi connectivity index (χ0) is 16.5. The fourth-order valence-electron chi connectivity index (χ4n) is 1.88. The molecule has 21 heavy (non-hydrogen) atoms. The van der Waals surface area contributed by atoms with Crippen molar-refractivity contribution in [2.75, 3.05) is 0 Å². The highest BCUT2D eigenvalue weighted by Crippen LogP contribution is 2.32. The van der Waals surface area contributed by atoms with Gasteiger partial charge in [-0.15, -0.1) is 0 Å². The van der Waals surface area contributed by atoms with E-state index in [0.717, 1.165) is 18.2 Å². The van der Waals surface area contributed by atoms with E-state index in [4.69, 9.17) is 0 Å². The molecule has 0 nitrogen and oxygen atoms in total. The maximum Gasteiger partial charge on any atom is 0.393 e. The topological polar surface area (TPSA) is 0 Å². The van der Waals surface area contributed by atoms with Crippen molar-refractivity contribution in [3.8, 4) is 0 Å². The zero-order valence-electron chi connectivity index (χ0n) is 10.3. The second-order valence-corrected chi connectivity index (χ2v) is 4.43. The molecule has 0 aliphatic carbocycles. The maximum atomic E-state index is 12.4. The Kier molecular flexibility index (Phi) is 4.84. The van der Waals surface area contributed by atoms with Crippen LogP contribution in [0.15, 0.2) is 18.2 Å². The van der Waals surface area contributed by atoms with Gasteiger partial charge in [0.1, 0.15) is 0 Å². The van der Waals surface area contributed by atoms with Crippen molar-refractivity contribution < 1.29 is 39.5 Å². The van der Waals surface area contributed by atoms with Crippen molar-refractivity contribution >= 4 is 0 Å². The van der Waals surface area contributed by atoms with Gasteiger partial charge in [-0.25, -0.2) is 0 Å². The van der Waals surface area contributed by atoms with Gasteiger partial charge in [0.15, 0.2) is 0 Å². The van der Waals surface area contributed by atoms with Gasteiger partial charge in [0, 0.05) is 0 Å². The SMILES string of the molecule is FC(F)(F)Cc1cccc(CC(F)(F)F)c1CC(F)(F)F. The summed E-state index contributed by atoms with van der Waals surface area (Å²) in [6.07, 6.45) is -19.8. The molecule has 0 heterocycles. The van der Waals surface area contributed by atoms with E-state index in [1.165, 1.54) is 0 Å². The number of alkyl halides is 9. The molecule has 1 aromatic carbocycles. The van der Waals surface area contributed by atoms with Crippen LogP contribution in [0.25, 0.3) is 0 Å². The van der Waals surface area contributed by atoms with Gasteiger partial charge in [-0.05, 0) is 16.7 Å². The summed E-state index contributed by atoms with van der Waals surface area (Å²) in [4.78, 5) is 0. The predicted octanol–water partition coefficient (Wildman–Crippen LogP) is 5.00. The van der Waals surface area contributed by atoms with Crippen molar-refractivity contribution in [2.45, 2.75) is 37.8 Å². The normalized spacial score (nSPS) is 13.6. The fourth-order valence-corrected chi connectivity index (χ4v) is 1.88. The van der Waals surface area contributed by atoms with Gasteiger partial charge in [-0.2, -0.15) is 39.5 Å². The molecule has 0 radical (unpaired) electrons. The number of benzene rings is 1. The summed E-state index contributed by atoms with van der Waals surface area (Å²) in [5.41, 5.74) is -2.54. The molecule has 0 aromatic heterocycles. The molecule has 1 aromatic rings. The minimum absolute atomic E-state index is 0.758. The molecule has 9 heteroatoms. The van der Waals surface area contributed by atoms with E-state index in [-0.39, 0.29) is 0 Å². The molecule has 1 rings (SSSR count). The molecule has 0 fully saturated rings. The minimum atomic E-state index is -4.90. The molecule has 0 atom stereocenters. The standard InChI is InChI=1S/C12H9F9/c13-10(14,15)4-7-2-1-3-8(5-11(16,17)18)9(7)6-12(19,20)21/h1-3H,4-6H2. The third-order valence-electron chi connectivity index (χ3n) is 2.53. The van der Waals surface area contributed by atoms with E-state index < -0.39 is 54.5 Å². The summed E-state index contributed by atoms with van der Waals surface area (Å²) < 4.78 is 111. The smallest absolute Gasteiger partial charge is 0.171 e. The van der Waals surface area contributed by atoms with Crippen LogP contribution in [0.3, 0.4) is 0 Å². The van der Waals surface area contributed by atoms with E-state index in [1.54, 1.807) is 0 Å². The van der Waals surface area contributed by atoms with Crippen molar-refractivity contribution in [3.05, 3.63) is 34.9 Å². The van der Waals surface area contributed by atoms with Crippen LogP contribution < -0.4 is 0 Å². The highest BCUT2D eigenvalue weighted by Gasteiger charge is 2.36. The molecule has 0 spiro atoms. The van der Waals surface area contributed by atoms with Crippen LogP contribution in [0, 0.1) is 0 Å². The summed E-state index contributed by atoms with van der Waals surface area (Å²) in [7, 11) is 0. The van der Waals surface area contributed by atoms with E-state index in [9.17, 15) is 39.5 Å². The number of hydrogen-bond acceptors (Lipinski definition) is 0. The molecular formula is C12H9F9. The number of rotatable bonds is 3. The van der Waals surface area contributed by atoms with Crippen LogP contribution in [-0.4, -0.2) is 18.5 Å². The third kappa shape index (κ3) is 6.72. The number of hydrogen-bond donors (Lipinski definition) is 0. The van der Waals surface area contributed by atoms with Crippen molar-refractivity contribution in [1.29, 1.82) is 0 Å². The van der Waals surface area contributed by atoms with Gasteiger partial charge < -0.3 is 0 Å². The van der Waals surface area contributed by atoms with E-state index in [1.807, 2.05) is 0 Å². The first-order valence-electron chi connectivity index (χ1n) is 5.57. The molecule has 0 N–H and O–H groups in total. The van der Waals surface area contributed by atoms with Gasteiger partial charge in [0.2, 0.25) is 0 Å². The summed E-state index contributed by atoms with van der Waals surface area (Å²) >= 11 is 0. The van der Waals surface area contributed by atoms with Crippen LogP contribution in [-0.2, 0) is 19.3 Å². The largest absolute Gasteiger partial charge is 0.393 e. The molecule has 0 saturated carbocycles. The first-order chi connectivity index (χ1) is 9.27. The summed E-state index contributed by atoms with van der Waals surface area (Å²) in [5, 5.41) is 0. The van der Waals surface area contributed by atoms with Crippen LogP contribution in [0.2, 0.25) is 0 Å². The van der Waals surface area contributed by atoms with Crippen LogP contribution >= 0.6 is 0 Å². The Labute approximate surface area is 113 Å². The van der Waals surface area contributed by atoms with Crippen molar-refractivity contribution in [3.63, 3.8) is 0 Å². The summed E-state index contributed by atoms with van der Waals surface area (Å²) in [5.74, 6) is 0. The quantitative estimate of drug-likeness (QED) is 0.686. The Morgan fingerprint density at radius 2 is 0.905 bits per heavy atom. The van der Waals surface area contributed by atoms with Gasteiger partial charge in [-0.3, -0.25) is 0 Å². The number of halogens is 9. The Balaban J connectivity index is 3.27. The van der Waals surface area contributed by atoms with E-state index in [0.29, 0.717) is 0 Å². The Morgan fingerprint density at radius 3 is 1.19 bits per heavy atom. The monoisotopic (exact) mass is 324 g/mol. The Bertz CT molecular complexity index is 445. The van der Waals surface area contributed by atoms with E-state index in [2.05, 4.69) is 0 Å². The summed E-state index contributed by atoms with van der Waals surface area (Å²) in [6, 6.07) is 2.41. The Morgan fingerprint density at radius 1 is 0.571 bits per heavy atom. The van der Waals surface area contributed by atoms with Crippen molar-refractivity contribution in [1.82, 2.24) is 0 Å². The second-order valence-electron chi connectivity index (χ2n) is 4.43. The lowest BCUT2D eigenvalue weighted by atomic mass is 9.94. The highest BCUT2D eigenvalue weighted by atomic mass is 19.4. The molecule has 0 unspecified atom stereocenters. The summed E-state index contributed by atoms with van der Waals surface area (Å²) in [6.45, 7) is 0. The fraction of sp³-hybridized carbons (Fsp3) is 0.500. The van der Waals surface area contributed by atoms with Crippen LogP contribution in [0.5, 0.6) is 0 Å². The maximum absolute atomic E-state index is 12.4. The molecule has 0 aliphatic heterocycles. The van der Waals surface area contributed by atoms with Gasteiger partial charge in [0.25, 0.3) is 0 Å². The van der Waals surface area contributed by atoms with Gasteiger partial charge in [0.05, 0.1) is 19.3 Å². The first kappa shape index (κ1) is 17.6. The van der Waals surface area contributed by atoms with Crippen LogP contribution in [0.1, 0.15) is 16.7 Å². The third-order valence-corrected chi connectivity index (χ3v) is 2.53. The average Bonchev–Trinajstić information content (AvgIpc) is 2.16. The zero-order valence-corrected chi connectivity index (χ0v) is 10.3. The average molecular weight is 324 g/mol. The molecule has 120 valence electrons. The lowest BCUT2D eigenvalue weighted by Crippen LogP contribution is -2.21. The Hall–Kier alpha value is -1.41. The minimum Gasteiger partial charge on any atom is -0.171 e. The lowest BCUT2D eigenvalue weighted by molar-refractivity contribution is -0.135. The molecule has 0 saturated heterocycles. The molecule has 0 bridgehead atoms. The van der Waals surface area contributed by atoms with Gasteiger partial charge >= 0.3 is 18.5 Å². The highest BCUT2D eigenvalue weighted by molar-refractivity contribution is 5.37. The van der Waals surface area contributed by atoms with Crippen molar-refractivity contribution in [2.24, 2.45) is 0 Å². The molecular weight excluding hydrogens is 315 g/mol. The van der Waals surface area contributed by atoms with Crippen LogP contribution in [0.4, 0.5) is 39.5 Å². The second kappa shape index (κ2) is 5.76. The van der Waals surface area contributed by atoms with E-state index >= 15 is 0 Å². The molecule has 0 amide bonds.